The molecule has 0 spiro atoms. The number of hydrogen-bond donors (Lipinski definition) is 2. The van der Waals surface area contributed by atoms with Crippen molar-refractivity contribution in [3.05, 3.63) is 33.8 Å². The van der Waals surface area contributed by atoms with Crippen molar-refractivity contribution in [3.63, 3.8) is 0 Å². The minimum Gasteiger partial charge on any atom is -0.325 e. The molecule has 5 nitrogen and oxygen atoms in total. The van der Waals surface area contributed by atoms with Gasteiger partial charge in [0.15, 0.2) is 14.1 Å². The largest absolute Gasteiger partial charge is 0.325 e. The van der Waals surface area contributed by atoms with Crippen molar-refractivity contribution in [2.75, 3.05) is 11.1 Å². The molecule has 1 aliphatic rings. The molecular weight excluding hydrogens is 314 g/mol. The van der Waals surface area contributed by atoms with E-state index in [0.717, 1.165) is 4.34 Å². The molecule has 102 valence electrons. The van der Waals surface area contributed by atoms with Crippen LogP contribution >= 0.6 is 35.3 Å². The van der Waals surface area contributed by atoms with Gasteiger partial charge in [-0.3, -0.25) is 14.7 Å². The van der Waals surface area contributed by atoms with E-state index < -0.39 is 5.92 Å². The van der Waals surface area contributed by atoms with Crippen LogP contribution in [0, 0.1) is 9.87 Å². The van der Waals surface area contributed by atoms with E-state index in [-0.39, 0.29) is 11.7 Å². The molecule has 1 unspecified atom stereocenters. The van der Waals surface area contributed by atoms with Gasteiger partial charge in [0, 0.05) is 11.3 Å². The number of aromatic nitrogens is 2. The van der Waals surface area contributed by atoms with E-state index in [2.05, 4.69) is 15.5 Å². The lowest BCUT2D eigenvalue weighted by Gasteiger charge is -2.22. The summed E-state index contributed by atoms with van der Waals surface area (Å²) in [6.07, 6.45) is 0. The molecule has 20 heavy (non-hydrogen) atoms. The molecule has 0 saturated heterocycles. The maximum Gasteiger partial charge on any atom is 0.236 e. The van der Waals surface area contributed by atoms with E-state index in [1.54, 1.807) is 24.3 Å². The lowest BCUT2D eigenvalue weighted by Crippen LogP contribution is -2.36. The van der Waals surface area contributed by atoms with E-state index in [1.165, 1.54) is 23.1 Å². The Hall–Kier alpha value is -1.51. The standard InChI is InChI=1S/C12H9N3O2S3/c16-9-6-3-1-2-4-8(6)13-10(17)7(9)5-19-12-15-14-11(18)20-12/h1-4,7H,5H2,(H,13,17)(H,14,18). The Balaban J connectivity index is 1.79. The lowest BCUT2D eigenvalue weighted by molar-refractivity contribution is -0.118. The summed E-state index contributed by atoms with van der Waals surface area (Å²) in [6, 6.07) is 7.04. The zero-order valence-electron chi connectivity index (χ0n) is 10.1. The fraction of sp³-hybridized carbons (Fsp3) is 0.167. The average molecular weight is 323 g/mol. The van der Waals surface area contributed by atoms with Gasteiger partial charge >= 0.3 is 0 Å². The van der Waals surface area contributed by atoms with Gasteiger partial charge in [-0.25, -0.2) is 0 Å². The van der Waals surface area contributed by atoms with Gasteiger partial charge in [0.1, 0.15) is 5.92 Å². The van der Waals surface area contributed by atoms with Crippen LogP contribution in [-0.4, -0.2) is 27.6 Å². The van der Waals surface area contributed by atoms with Crippen LogP contribution in [0.15, 0.2) is 28.6 Å². The molecular formula is C12H9N3O2S3. The molecule has 0 saturated carbocycles. The van der Waals surface area contributed by atoms with Crippen LogP contribution in [0.3, 0.4) is 0 Å². The fourth-order valence-electron chi connectivity index (χ4n) is 1.92. The molecule has 2 N–H and O–H groups in total. The van der Waals surface area contributed by atoms with Crippen molar-refractivity contribution in [1.29, 1.82) is 0 Å². The first-order valence-corrected chi connectivity index (χ1v) is 7.98. The molecule has 1 atom stereocenters. The van der Waals surface area contributed by atoms with Crippen molar-refractivity contribution < 1.29 is 9.59 Å². The number of thioether (sulfide) groups is 1. The normalized spacial score (nSPS) is 17.7. The molecule has 1 amide bonds. The number of rotatable bonds is 3. The summed E-state index contributed by atoms with van der Waals surface area (Å²) in [7, 11) is 0. The third-order valence-electron chi connectivity index (χ3n) is 2.88. The van der Waals surface area contributed by atoms with Crippen LogP contribution in [0.2, 0.25) is 0 Å². The molecule has 1 aromatic carbocycles. The Kier molecular flexibility index (Phi) is 3.68. The van der Waals surface area contributed by atoms with Crippen molar-refractivity contribution in [1.82, 2.24) is 10.2 Å². The van der Waals surface area contributed by atoms with Crippen molar-refractivity contribution in [3.8, 4) is 0 Å². The number of Topliss-reactive ketones (excluding diaryl/α,β-unsaturated/α-hetero) is 1. The van der Waals surface area contributed by atoms with Crippen LogP contribution < -0.4 is 5.32 Å². The minimum absolute atomic E-state index is 0.143. The monoisotopic (exact) mass is 323 g/mol. The Morgan fingerprint density at radius 1 is 1.35 bits per heavy atom. The van der Waals surface area contributed by atoms with Crippen LogP contribution in [0.1, 0.15) is 10.4 Å². The highest BCUT2D eigenvalue weighted by molar-refractivity contribution is 8.01. The maximum atomic E-state index is 12.3. The van der Waals surface area contributed by atoms with Crippen molar-refractivity contribution >= 4 is 52.7 Å². The van der Waals surface area contributed by atoms with E-state index in [9.17, 15) is 9.59 Å². The second-order valence-corrected chi connectivity index (χ2v) is 7.07. The number of hydrogen-bond acceptors (Lipinski definition) is 6. The maximum absolute atomic E-state index is 12.3. The summed E-state index contributed by atoms with van der Waals surface area (Å²) >= 11 is 7.63. The number of carbonyl (C=O) groups is 2. The number of H-pyrrole nitrogens is 1. The van der Waals surface area contributed by atoms with Gasteiger partial charge in [-0.05, 0) is 24.4 Å². The summed E-state index contributed by atoms with van der Waals surface area (Å²) in [5, 5.41) is 9.44. The highest BCUT2D eigenvalue weighted by atomic mass is 32.2. The summed E-state index contributed by atoms with van der Waals surface area (Å²) in [6.45, 7) is 0. The van der Waals surface area contributed by atoms with Crippen LogP contribution in [0.5, 0.6) is 0 Å². The molecule has 1 aromatic heterocycles. The van der Waals surface area contributed by atoms with Crippen LogP contribution in [-0.2, 0) is 4.79 Å². The molecule has 2 aromatic rings. The Bertz CT molecular complexity index is 737. The number of anilines is 1. The summed E-state index contributed by atoms with van der Waals surface area (Å²) in [5.74, 6) is -0.738. The quantitative estimate of drug-likeness (QED) is 0.516. The Morgan fingerprint density at radius 3 is 2.90 bits per heavy atom. The number of carbonyl (C=O) groups excluding carboxylic acids is 2. The van der Waals surface area contributed by atoms with Crippen molar-refractivity contribution in [2.24, 2.45) is 5.92 Å². The zero-order chi connectivity index (χ0) is 14.1. The molecule has 0 fully saturated rings. The summed E-state index contributed by atoms with van der Waals surface area (Å²) < 4.78 is 1.31. The highest BCUT2D eigenvalue weighted by Crippen LogP contribution is 2.30. The second-order valence-electron chi connectivity index (χ2n) is 4.14. The smallest absolute Gasteiger partial charge is 0.236 e. The van der Waals surface area contributed by atoms with Crippen LogP contribution in [0.25, 0.3) is 0 Å². The number of fused-ring (bicyclic) bond motifs is 1. The van der Waals surface area contributed by atoms with E-state index in [1.807, 2.05) is 0 Å². The SMILES string of the molecule is O=C1Nc2ccccc2C(=O)C1CSc1n[nH]c(=S)s1. The molecule has 2 heterocycles. The average Bonchev–Trinajstić information content (AvgIpc) is 2.84. The number of benzene rings is 1. The number of aromatic amines is 1. The summed E-state index contributed by atoms with van der Waals surface area (Å²) in [4.78, 5) is 24.3. The molecule has 1 aliphatic heterocycles. The highest BCUT2D eigenvalue weighted by Gasteiger charge is 2.34. The molecule has 0 radical (unpaired) electrons. The number of amides is 1. The number of ketones is 1. The van der Waals surface area contributed by atoms with E-state index in [0.29, 0.717) is 21.0 Å². The van der Waals surface area contributed by atoms with Gasteiger partial charge in [0.05, 0.1) is 5.69 Å². The van der Waals surface area contributed by atoms with Gasteiger partial charge in [0.2, 0.25) is 5.91 Å². The molecule has 0 aliphatic carbocycles. The Labute approximate surface area is 127 Å². The predicted octanol–water partition coefficient (Wildman–Crippen LogP) is 2.74. The Morgan fingerprint density at radius 2 is 2.15 bits per heavy atom. The zero-order valence-corrected chi connectivity index (χ0v) is 12.5. The first kappa shape index (κ1) is 13.5. The fourth-order valence-corrected chi connectivity index (χ4v) is 4.11. The van der Waals surface area contributed by atoms with Gasteiger partial charge in [-0.15, -0.1) is 0 Å². The predicted molar refractivity (Wildman–Crippen MR) is 80.9 cm³/mol. The number of para-hydroxylation sites is 1. The molecule has 8 heteroatoms. The van der Waals surface area contributed by atoms with E-state index >= 15 is 0 Å². The minimum atomic E-state index is -0.688. The molecule has 3 rings (SSSR count). The van der Waals surface area contributed by atoms with Crippen LogP contribution in [0.4, 0.5) is 5.69 Å². The van der Waals surface area contributed by atoms with Gasteiger partial charge in [0.25, 0.3) is 0 Å². The first-order valence-electron chi connectivity index (χ1n) is 5.77. The number of nitrogens with zero attached hydrogens (tertiary/aromatic N) is 1. The third kappa shape index (κ3) is 2.54. The van der Waals surface area contributed by atoms with Gasteiger partial charge in [-0.1, -0.05) is 35.2 Å². The lowest BCUT2D eigenvalue weighted by atomic mass is 9.93. The topological polar surface area (TPSA) is 74.8 Å². The van der Waals surface area contributed by atoms with Gasteiger partial charge < -0.3 is 5.32 Å². The summed E-state index contributed by atoms with van der Waals surface area (Å²) in [5.41, 5.74) is 1.14. The van der Waals surface area contributed by atoms with Gasteiger partial charge in [-0.2, -0.15) is 5.10 Å². The second kappa shape index (κ2) is 5.47. The van der Waals surface area contributed by atoms with Crippen molar-refractivity contribution in [2.45, 2.75) is 4.34 Å². The van der Waals surface area contributed by atoms with E-state index in [4.69, 9.17) is 12.2 Å². The molecule has 0 bridgehead atoms. The first-order chi connectivity index (χ1) is 9.65. The third-order valence-corrected chi connectivity index (χ3v) is 5.20. The number of nitrogens with one attached hydrogen (secondary N) is 2.